The number of methoxy groups -OCH3 is 1. The molecule has 0 aliphatic heterocycles. The average Bonchev–Trinajstić information content (AvgIpc) is 2.94. The van der Waals surface area contributed by atoms with E-state index in [4.69, 9.17) is 9.15 Å². The van der Waals surface area contributed by atoms with Gasteiger partial charge in [-0.3, -0.25) is 4.79 Å². The summed E-state index contributed by atoms with van der Waals surface area (Å²) < 4.78 is 28.3. The van der Waals surface area contributed by atoms with E-state index >= 15 is 0 Å². The highest BCUT2D eigenvalue weighted by Crippen LogP contribution is 2.26. The number of halogens is 1. The Kier molecular flexibility index (Phi) is 6.55. The molecule has 0 aliphatic rings. The van der Waals surface area contributed by atoms with Crippen LogP contribution < -0.4 is 5.32 Å². The monoisotopic (exact) mass is 379 g/mol. The van der Waals surface area contributed by atoms with Crippen LogP contribution in [0.3, 0.4) is 0 Å². The number of carbonyl (C=O) groups excluding carboxylic acids is 3. The standard InChI is InChI=1S/C19H22FNO6/c1-10(2)7-14(18(23)25-4)21-16(22)9-26-19(24)17-11(3)13-8-12(20)5-6-15(13)27-17/h5-6,8,10,14H,7,9H2,1-4H3,(H,21,22)/t14-/m0/s1. The quantitative estimate of drug-likeness (QED) is 0.744. The number of hydrogen-bond donors (Lipinski definition) is 1. The highest BCUT2D eigenvalue weighted by Gasteiger charge is 2.24. The summed E-state index contributed by atoms with van der Waals surface area (Å²) in [6.07, 6.45) is 0.389. The van der Waals surface area contributed by atoms with Crippen molar-refractivity contribution in [2.75, 3.05) is 13.7 Å². The van der Waals surface area contributed by atoms with Crippen molar-refractivity contribution in [3.63, 3.8) is 0 Å². The van der Waals surface area contributed by atoms with Crippen molar-refractivity contribution >= 4 is 28.8 Å². The molecule has 0 radical (unpaired) electrons. The zero-order valence-corrected chi connectivity index (χ0v) is 15.6. The Labute approximate surface area is 155 Å². The first kappa shape index (κ1) is 20.4. The van der Waals surface area contributed by atoms with Gasteiger partial charge in [0.1, 0.15) is 17.4 Å². The fraction of sp³-hybridized carbons (Fsp3) is 0.421. The van der Waals surface area contributed by atoms with E-state index in [9.17, 15) is 18.8 Å². The van der Waals surface area contributed by atoms with Crippen molar-refractivity contribution in [3.8, 4) is 0 Å². The zero-order valence-electron chi connectivity index (χ0n) is 15.6. The van der Waals surface area contributed by atoms with Gasteiger partial charge in [-0.15, -0.1) is 0 Å². The van der Waals surface area contributed by atoms with Crippen LogP contribution in [0.5, 0.6) is 0 Å². The molecule has 7 nitrogen and oxygen atoms in total. The molecule has 2 rings (SSSR count). The largest absolute Gasteiger partial charge is 0.467 e. The molecule has 1 amide bonds. The maximum absolute atomic E-state index is 13.3. The highest BCUT2D eigenvalue weighted by atomic mass is 19.1. The molecular weight excluding hydrogens is 357 g/mol. The molecule has 0 saturated heterocycles. The normalized spacial score (nSPS) is 12.1. The second-order valence-electron chi connectivity index (χ2n) is 6.55. The number of ether oxygens (including phenoxy) is 2. The Morgan fingerprint density at radius 1 is 1.26 bits per heavy atom. The molecule has 1 atom stereocenters. The summed E-state index contributed by atoms with van der Waals surface area (Å²) in [4.78, 5) is 35.9. The van der Waals surface area contributed by atoms with Gasteiger partial charge in [0.25, 0.3) is 5.91 Å². The van der Waals surface area contributed by atoms with Crippen molar-refractivity contribution in [1.29, 1.82) is 0 Å². The van der Waals surface area contributed by atoms with E-state index in [0.29, 0.717) is 23.0 Å². The Morgan fingerprint density at radius 2 is 1.96 bits per heavy atom. The molecule has 0 aliphatic carbocycles. The molecule has 0 fully saturated rings. The van der Waals surface area contributed by atoms with Gasteiger partial charge >= 0.3 is 11.9 Å². The van der Waals surface area contributed by atoms with E-state index in [0.717, 1.165) is 0 Å². The van der Waals surface area contributed by atoms with Crippen LogP contribution in [-0.2, 0) is 19.1 Å². The Morgan fingerprint density at radius 3 is 2.59 bits per heavy atom. The van der Waals surface area contributed by atoms with Crippen molar-refractivity contribution in [2.24, 2.45) is 5.92 Å². The van der Waals surface area contributed by atoms with Gasteiger partial charge in [-0.25, -0.2) is 14.0 Å². The number of benzene rings is 1. The number of furan rings is 1. The minimum atomic E-state index is -0.849. The van der Waals surface area contributed by atoms with E-state index in [1.54, 1.807) is 6.92 Å². The van der Waals surface area contributed by atoms with Crippen LogP contribution in [0.1, 0.15) is 36.4 Å². The van der Waals surface area contributed by atoms with Crippen LogP contribution in [0.25, 0.3) is 11.0 Å². The molecule has 0 saturated carbocycles. The van der Waals surface area contributed by atoms with Crippen LogP contribution >= 0.6 is 0 Å². The van der Waals surface area contributed by atoms with Gasteiger partial charge in [0.15, 0.2) is 6.61 Å². The highest BCUT2D eigenvalue weighted by molar-refractivity contribution is 5.97. The Hall–Kier alpha value is -2.90. The van der Waals surface area contributed by atoms with Gasteiger partial charge in [0, 0.05) is 10.9 Å². The van der Waals surface area contributed by atoms with Crippen LogP contribution in [0.4, 0.5) is 4.39 Å². The second-order valence-corrected chi connectivity index (χ2v) is 6.55. The van der Waals surface area contributed by atoms with Crippen LogP contribution in [0, 0.1) is 18.7 Å². The van der Waals surface area contributed by atoms with Gasteiger partial charge in [-0.1, -0.05) is 13.8 Å². The first-order chi connectivity index (χ1) is 12.7. The van der Waals surface area contributed by atoms with E-state index in [1.807, 2.05) is 13.8 Å². The van der Waals surface area contributed by atoms with Crippen molar-refractivity contribution in [3.05, 3.63) is 35.3 Å². The molecule has 0 spiro atoms. The fourth-order valence-electron chi connectivity index (χ4n) is 2.65. The number of carbonyl (C=O) groups is 3. The third-order valence-corrected chi connectivity index (χ3v) is 3.95. The molecule has 8 heteroatoms. The number of rotatable bonds is 7. The van der Waals surface area contributed by atoms with Gasteiger partial charge in [0.05, 0.1) is 7.11 Å². The molecule has 2 aromatic rings. The van der Waals surface area contributed by atoms with E-state index < -0.39 is 36.3 Å². The van der Waals surface area contributed by atoms with E-state index in [1.165, 1.54) is 25.3 Å². The third-order valence-electron chi connectivity index (χ3n) is 3.95. The lowest BCUT2D eigenvalue weighted by molar-refractivity contribution is -0.145. The van der Waals surface area contributed by atoms with Crippen LogP contribution in [0.15, 0.2) is 22.6 Å². The lowest BCUT2D eigenvalue weighted by Crippen LogP contribution is -2.44. The molecule has 27 heavy (non-hydrogen) atoms. The lowest BCUT2D eigenvalue weighted by Gasteiger charge is -2.18. The number of amides is 1. The van der Waals surface area contributed by atoms with Crippen molar-refractivity contribution < 1.29 is 32.7 Å². The van der Waals surface area contributed by atoms with Gasteiger partial charge in [0.2, 0.25) is 5.76 Å². The van der Waals surface area contributed by atoms with E-state index in [2.05, 4.69) is 10.1 Å². The molecule has 1 heterocycles. The number of hydrogen-bond acceptors (Lipinski definition) is 6. The molecular formula is C19H22FNO6. The number of nitrogens with one attached hydrogen (secondary N) is 1. The number of aryl methyl sites for hydroxylation is 1. The maximum Gasteiger partial charge on any atom is 0.375 e. The Bertz CT molecular complexity index is 857. The lowest BCUT2D eigenvalue weighted by atomic mass is 10.0. The van der Waals surface area contributed by atoms with E-state index in [-0.39, 0.29) is 11.7 Å². The summed E-state index contributed by atoms with van der Waals surface area (Å²) in [5.74, 6) is -2.47. The summed E-state index contributed by atoms with van der Waals surface area (Å²) in [5.41, 5.74) is 0.759. The topological polar surface area (TPSA) is 94.8 Å². The summed E-state index contributed by atoms with van der Waals surface area (Å²) in [5, 5.41) is 2.94. The summed E-state index contributed by atoms with van der Waals surface area (Å²) in [6, 6.07) is 3.06. The zero-order chi connectivity index (χ0) is 20.1. The predicted octanol–water partition coefficient (Wildman–Crippen LogP) is 2.74. The minimum Gasteiger partial charge on any atom is -0.467 e. The summed E-state index contributed by atoms with van der Waals surface area (Å²) in [6.45, 7) is 4.80. The molecule has 1 N–H and O–H groups in total. The first-order valence-corrected chi connectivity index (χ1v) is 8.45. The van der Waals surface area contributed by atoms with Crippen molar-refractivity contribution in [2.45, 2.75) is 33.2 Å². The summed E-state index contributed by atoms with van der Waals surface area (Å²) >= 11 is 0. The number of esters is 2. The molecule has 0 bridgehead atoms. The van der Waals surface area contributed by atoms with Gasteiger partial charge in [-0.2, -0.15) is 0 Å². The van der Waals surface area contributed by atoms with Crippen LogP contribution in [-0.4, -0.2) is 37.6 Å². The summed E-state index contributed by atoms with van der Waals surface area (Å²) in [7, 11) is 1.23. The minimum absolute atomic E-state index is 0.102. The van der Waals surface area contributed by atoms with Crippen molar-refractivity contribution in [1.82, 2.24) is 5.32 Å². The molecule has 146 valence electrons. The average molecular weight is 379 g/mol. The van der Waals surface area contributed by atoms with Crippen LogP contribution in [0.2, 0.25) is 0 Å². The molecule has 1 aromatic carbocycles. The second kappa shape index (κ2) is 8.66. The van der Waals surface area contributed by atoms with Gasteiger partial charge < -0.3 is 19.2 Å². The maximum atomic E-state index is 13.3. The fourth-order valence-corrected chi connectivity index (χ4v) is 2.65. The SMILES string of the molecule is COC(=O)[C@H](CC(C)C)NC(=O)COC(=O)c1oc2ccc(F)cc2c1C. The first-order valence-electron chi connectivity index (χ1n) is 8.45. The molecule has 1 aromatic heterocycles. The van der Waals surface area contributed by atoms with Gasteiger partial charge in [-0.05, 0) is 37.5 Å². The predicted molar refractivity (Wildman–Crippen MR) is 94.6 cm³/mol. The third kappa shape index (κ3) is 5.06. The number of fused-ring (bicyclic) bond motifs is 1. The smallest absolute Gasteiger partial charge is 0.375 e. The molecule has 0 unspecified atom stereocenters. The Balaban J connectivity index is 2.01.